The number of thiazole rings is 1. The van der Waals surface area contributed by atoms with Crippen molar-refractivity contribution in [2.75, 3.05) is 19.0 Å². The van der Waals surface area contributed by atoms with E-state index in [-0.39, 0.29) is 11.3 Å². The fraction of sp³-hybridized carbons (Fsp3) is 0.409. The van der Waals surface area contributed by atoms with E-state index in [1.54, 1.807) is 24.8 Å². The van der Waals surface area contributed by atoms with Crippen molar-refractivity contribution in [1.29, 1.82) is 0 Å². The second kappa shape index (κ2) is 7.75. The number of carbonyl (C=O) groups excluding carboxylic acids is 1. The van der Waals surface area contributed by atoms with Gasteiger partial charge in [-0.3, -0.25) is 4.79 Å². The van der Waals surface area contributed by atoms with Crippen LogP contribution in [0.3, 0.4) is 0 Å². The van der Waals surface area contributed by atoms with Gasteiger partial charge in [0, 0.05) is 41.2 Å². The lowest BCUT2D eigenvalue weighted by Crippen LogP contribution is -2.42. The zero-order chi connectivity index (χ0) is 21.5. The van der Waals surface area contributed by atoms with Crippen molar-refractivity contribution in [3.63, 3.8) is 0 Å². The monoisotopic (exact) mass is 425 g/mol. The Morgan fingerprint density at radius 2 is 2.10 bits per heavy atom. The maximum atomic E-state index is 12.6. The predicted octanol–water partition coefficient (Wildman–Crippen LogP) is 4.32. The zero-order valence-corrected chi connectivity index (χ0v) is 18.8. The number of rotatable bonds is 4. The minimum atomic E-state index is -0.366. The summed E-state index contributed by atoms with van der Waals surface area (Å²) in [6, 6.07) is 5.96. The number of anilines is 2. The number of amides is 1. The molecule has 0 fully saturated rings. The zero-order valence-electron chi connectivity index (χ0n) is 18.0. The summed E-state index contributed by atoms with van der Waals surface area (Å²) in [5.74, 6) is 0.937. The molecule has 0 unspecified atom stereocenters. The van der Waals surface area contributed by atoms with Gasteiger partial charge >= 0.3 is 0 Å². The van der Waals surface area contributed by atoms with E-state index in [1.165, 1.54) is 0 Å². The molecule has 1 aliphatic heterocycles. The lowest BCUT2D eigenvalue weighted by Gasteiger charge is -2.31. The summed E-state index contributed by atoms with van der Waals surface area (Å²) in [5.41, 5.74) is 3.50. The van der Waals surface area contributed by atoms with Gasteiger partial charge in [-0.1, -0.05) is 32.1 Å². The van der Waals surface area contributed by atoms with Gasteiger partial charge in [-0.05, 0) is 19.1 Å². The molecular formula is C22H27N5O2S. The van der Waals surface area contributed by atoms with Crippen LogP contribution in [0.5, 0.6) is 5.75 Å². The number of carbonyl (C=O) groups is 1. The SMILES string of the molecule is COc1cc(Nc2nc3c(s2)CN(C(=O)C(C)(C)C)CC3)ccc1-n1cnc(C)c1. The lowest BCUT2D eigenvalue weighted by molar-refractivity contribution is -0.140. The predicted molar refractivity (Wildman–Crippen MR) is 119 cm³/mol. The summed E-state index contributed by atoms with van der Waals surface area (Å²) in [6.07, 6.45) is 4.53. The smallest absolute Gasteiger partial charge is 0.228 e. The van der Waals surface area contributed by atoms with Crippen LogP contribution >= 0.6 is 11.3 Å². The first kappa shape index (κ1) is 20.4. The topological polar surface area (TPSA) is 72.3 Å². The molecule has 0 spiro atoms. The number of fused-ring (bicyclic) bond motifs is 1. The molecular weight excluding hydrogens is 398 g/mol. The largest absolute Gasteiger partial charge is 0.494 e. The van der Waals surface area contributed by atoms with E-state index in [2.05, 4.69) is 10.3 Å². The first-order valence-electron chi connectivity index (χ1n) is 9.98. The second-order valence-corrected chi connectivity index (χ2v) is 9.63. The van der Waals surface area contributed by atoms with Crippen LogP contribution in [0.1, 0.15) is 37.0 Å². The summed E-state index contributed by atoms with van der Waals surface area (Å²) < 4.78 is 7.54. The third-order valence-corrected chi connectivity index (χ3v) is 6.08. The Morgan fingerprint density at radius 3 is 2.77 bits per heavy atom. The third kappa shape index (κ3) is 4.05. The molecule has 3 heterocycles. The number of aryl methyl sites for hydroxylation is 1. The molecule has 1 aromatic carbocycles. The molecule has 30 heavy (non-hydrogen) atoms. The van der Waals surface area contributed by atoms with E-state index in [0.717, 1.165) is 51.5 Å². The third-order valence-electron chi connectivity index (χ3n) is 5.08. The number of hydrogen-bond acceptors (Lipinski definition) is 6. The molecule has 0 saturated carbocycles. The highest BCUT2D eigenvalue weighted by Gasteiger charge is 2.31. The van der Waals surface area contributed by atoms with Crippen molar-refractivity contribution >= 4 is 28.1 Å². The van der Waals surface area contributed by atoms with Crippen LogP contribution in [0.15, 0.2) is 30.7 Å². The lowest BCUT2D eigenvalue weighted by atomic mass is 9.94. The summed E-state index contributed by atoms with van der Waals surface area (Å²) in [5, 5.41) is 4.22. The molecule has 1 aliphatic rings. The van der Waals surface area contributed by atoms with Crippen molar-refractivity contribution < 1.29 is 9.53 Å². The fourth-order valence-electron chi connectivity index (χ4n) is 3.54. The minimum Gasteiger partial charge on any atom is -0.494 e. The van der Waals surface area contributed by atoms with Gasteiger partial charge in [-0.2, -0.15) is 0 Å². The van der Waals surface area contributed by atoms with Gasteiger partial charge in [0.25, 0.3) is 0 Å². The Labute approximate surface area is 180 Å². The van der Waals surface area contributed by atoms with Crippen LogP contribution < -0.4 is 10.1 Å². The van der Waals surface area contributed by atoms with Gasteiger partial charge in [0.15, 0.2) is 5.13 Å². The fourth-order valence-corrected chi connectivity index (χ4v) is 4.59. The summed E-state index contributed by atoms with van der Waals surface area (Å²) >= 11 is 1.61. The molecule has 3 aromatic rings. The molecule has 158 valence electrons. The first-order chi connectivity index (χ1) is 14.2. The number of nitrogens with zero attached hydrogens (tertiary/aromatic N) is 4. The van der Waals surface area contributed by atoms with E-state index in [1.807, 2.05) is 61.6 Å². The second-order valence-electron chi connectivity index (χ2n) is 8.55. The standard InChI is InChI=1S/C22H27N5O2S/c1-14-11-27(13-23-14)17-7-6-15(10-18(17)29-5)24-21-25-16-8-9-26(12-19(16)30-21)20(28)22(2,3)4/h6-7,10-11,13H,8-9,12H2,1-5H3,(H,24,25). The number of imidazole rings is 1. The van der Waals surface area contributed by atoms with E-state index in [0.29, 0.717) is 6.54 Å². The number of benzene rings is 1. The number of hydrogen-bond donors (Lipinski definition) is 1. The Bertz CT molecular complexity index is 1080. The maximum absolute atomic E-state index is 12.6. The Balaban J connectivity index is 1.52. The highest BCUT2D eigenvalue weighted by Crippen LogP contribution is 2.34. The van der Waals surface area contributed by atoms with E-state index in [4.69, 9.17) is 9.72 Å². The molecule has 1 amide bonds. The summed E-state index contributed by atoms with van der Waals surface area (Å²) in [7, 11) is 1.66. The molecule has 0 saturated heterocycles. The summed E-state index contributed by atoms with van der Waals surface area (Å²) in [6.45, 7) is 9.21. The molecule has 4 rings (SSSR count). The van der Waals surface area contributed by atoms with Crippen molar-refractivity contribution in [2.45, 2.75) is 40.7 Å². The molecule has 2 aromatic heterocycles. The number of aromatic nitrogens is 3. The number of nitrogens with one attached hydrogen (secondary N) is 1. The molecule has 1 N–H and O–H groups in total. The van der Waals surface area contributed by atoms with Crippen LogP contribution in [0, 0.1) is 12.3 Å². The number of methoxy groups -OCH3 is 1. The molecule has 0 atom stereocenters. The van der Waals surface area contributed by atoms with Gasteiger partial charge in [-0.15, -0.1) is 0 Å². The maximum Gasteiger partial charge on any atom is 0.228 e. The highest BCUT2D eigenvalue weighted by atomic mass is 32.1. The molecule has 7 nitrogen and oxygen atoms in total. The normalized spacial score (nSPS) is 13.8. The van der Waals surface area contributed by atoms with Crippen molar-refractivity contribution in [3.8, 4) is 11.4 Å². The van der Waals surface area contributed by atoms with Gasteiger partial charge < -0.3 is 19.5 Å². The summed E-state index contributed by atoms with van der Waals surface area (Å²) in [4.78, 5) is 24.8. The van der Waals surface area contributed by atoms with E-state index >= 15 is 0 Å². The molecule has 0 aliphatic carbocycles. The van der Waals surface area contributed by atoms with Crippen LogP contribution in [0.4, 0.5) is 10.8 Å². The van der Waals surface area contributed by atoms with Crippen molar-refractivity contribution in [2.24, 2.45) is 5.41 Å². The van der Waals surface area contributed by atoms with Crippen LogP contribution in [-0.2, 0) is 17.8 Å². The minimum absolute atomic E-state index is 0.186. The van der Waals surface area contributed by atoms with Crippen LogP contribution in [0.2, 0.25) is 0 Å². The average Bonchev–Trinajstić information content (AvgIpc) is 3.31. The number of ether oxygens (including phenoxy) is 1. The first-order valence-corrected chi connectivity index (χ1v) is 10.8. The van der Waals surface area contributed by atoms with Crippen molar-refractivity contribution in [3.05, 3.63) is 47.0 Å². The van der Waals surface area contributed by atoms with Crippen LogP contribution in [-0.4, -0.2) is 39.0 Å². The molecule has 0 radical (unpaired) electrons. The van der Waals surface area contributed by atoms with Gasteiger partial charge in [0.1, 0.15) is 5.75 Å². The quantitative estimate of drug-likeness (QED) is 0.674. The van der Waals surface area contributed by atoms with Crippen molar-refractivity contribution in [1.82, 2.24) is 19.4 Å². The van der Waals surface area contributed by atoms with Gasteiger partial charge in [0.05, 0.1) is 37.1 Å². The Morgan fingerprint density at radius 1 is 1.30 bits per heavy atom. The average molecular weight is 426 g/mol. The van der Waals surface area contributed by atoms with Gasteiger partial charge in [-0.25, -0.2) is 9.97 Å². The van der Waals surface area contributed by atoms with E-state index < -0.39 is 0 Å². The van der Waals surface area contributed by atoms with Crippen LogP contribution in [0.25, 0.3) is 5.69 Å². The molecule has 0 bridgehead atoms. The Kier molecular flexibility index (Phi) is 5.27. The van der Waals surface area contributed by atoms with E-state index in [9.17, 15) is 4.79 Å². The molecule has 8 heteroatoms. The van der Waals surface area contributed by atoms with Gasteiger partial charge in [0.2, 0.25) is 5.91 Å². The highest BCUT2D eigenvalue weighted by molar-refractivity contribution is 7.15. The Hall–Kier alpha value is -2.87.